The van der Waals surface area contributed by atoms with E-state index >= 15 is 0 Å². The molecule has 0 bridgehead atoms. The van der Waals surface area contributed by atoms with E-state index in [-0.39, 0.29) is 0 Å². The van der Waals surface area contributed by atoms with Crippen molar-refractivity contribution in [2.24, 2.45) is 0 Å². The summed E-state index contributed by atoms with van der Waals surface area (Å²) in [6.45, 7) is 0.650. The molecule has 0 aliphatic rings. The number of nitrogens with two attached hydrogens (primary N) is 1. The first-order valence-corrected chi connectivity index (χ1v) is 5.36. The Hall–Kier alpha value is -2.23. The van der Waals surface area contributed by atoms with Gasteiger partial charge in [0.05, 0.1) is 19.3 Å². The second-order valence-electron chi connectivity index (χ2n) is 3.66. The maximum atomic E-state index is 5.68. The molecule has 0 fully saturated rings. The van der Waals surface area contributed by atoms with Crippen molar-refractivity contribution >= 4 is 11.4 Å². The third-order valence-corrected chi connectivity index (χ3v) is 2.40. The third-order valence-electron chi connectivity index (χ3n) is 2.40. The van der Waals surface area contributed by atoms with Crippen LogP contribution in [0.1, 0.15) is 5.69 Å². The number of aromatic nitrogens is 1. The summed E-state index contributed by atoms with van der Waals surface area (Å²) in [7, 11) is 1.65. The van der Waals surface area contributed by atoms with Crippen LogP contribution < -0.4 is 15.8 Å². The van der Waals surface area contributed by atoms with Gasteiger partial charge < -0.3 is 15.8 Å². The fraction of sp³-hybridized carbons (Fsp3) is 0.154. The standard InChI is InChI=1S/C13H15N3O/c1-17-13-4-2-11(3-5-13)16-9-12-8-10(14)6-7-15-12/h2-8,16H,9H2,1H3,(H2,14,15). The third kappa shape index (κ3) is 3.11. The van der Waals surface area contributed by atoms with Crippen LogP contribution in [0.4, 0.5) is 11.4 Å². The van der Waals surface area contributed by atoms with Crippen molar-refractivity contribution in [2.75, 3.05) is 18.2 Å². The molecule has 0 aliphatic carbocycles. The minimum absolute atomic E-state index is 0.650. The van der Waals surface area contributed by atoms with Gasteiger partial charge in [-0.25, -0.2) is 0 Å². The van der Waals surface area contributed by atoms with Gasteiger partial charge in [0, 0.05) is 17.6 Å². The lowest BCUT2D eigenvalue weighted by atomic mass is 10.3. The summed E-state index contributed by atoms with van der Waals surface area (Å²) in [5.74, 6) is 0.845. The van der Waals surface area contributed by atoms with Gasteiger partial charge in [-0.1, -0.05) is 0 Å². The molecule has 88 valence electrons. The van der Waals surface area contributed by atoms with Crippen molar-refractivity contribution in [1.29, 1.82) is 0 Å². The highest BCUT2D eigenvalue weighted by atomic mass is 16.5. The van der Waals surface area contributed by atoms with E-state index in [1.54, 1.807) is 19.4 Å². The quantitative estimate of drug-likeness (QED) is 0.844. The summed E-state index contributed by atoms with van der Waals surface area (Å²) in [6.07, 6.45) is 1.71. The monoisotopic (exact) mass is 229 g/mol. The summed E-state index contributed by atoms with van der Waals surface area (Å²) in [5, 5.41) is 3.27. The van der Waals surface area contributed by atoms with Gasteiger partial charge in [-0.3, -0.25) is 4.98 Å². The first-order chi connectivity index (χ1) is 8.28. The summed E-state index contributed by atoms with van der Waals surface area (Å²) >= 11 is 0. The molecule has 0 spiro atoms. The van der Waals surface area contributed by atoms with Gasteiger partial charge in [-0.2, -0.15) is 0 Å². The number of methoxy groups -OCH3 is 1. The number of nitrogen functional groups attached to an aromatic ring is 1. The van der Waals surface area contributed by atoms with Crippen molar-refractivity contribution in [2.45, 2.75) is 6.54 Å². The molecular formula is C13H15N3O. The molecule has 0 saturated heterocycles. The Labute approximate surface area is 100 Å². The molecule has 1 aromatic carbocycles. The van der Waals surface area contributed by atoms with Crippen LogP contribution in [0.25, 0.3) is 0 Å². The summed E-state index contributed by atoms with van der Waals surface area (Å²) in [4.78, 5) is 4.22. The maximum absolute atomic E-state index is 5.68. The van der Waals surface area contributed by atoms with E-state index in [4.69, 9.17) is 10.5 Å². The van der Waals surface area contributed by atoms with Gasteiger partial charge in [0.15, 0.2) is 0 Å². The molecule has 0 unspecified atom stereocenters. The van der Waals surface area contributed by atoms with E-state index in [2.05, 4.69) is 10.3 Å². The number of rotatable bonds is 4. The van der Waals surface area contributed by atoms with Gasteiger partial charge in [0.1, 0.15) is 5.75 Å². The van der Waals surface area contributed by atoms with Crippen LogP contribution in [0.15, 0.2) is 42.6 Å². The number of benzene rings is 1. The zero-order valence-corrected chi connectivity index (χ0v) is 9.68. The van der Waals surface area contributed by atoms with Gasteiger partial charge >= 0.3 is 0 Å². The molecule has 2 aromatic rings. The van der Waals surface area contributed by atoms with Crippen molar-refractivity contribution in [3.05, 3.63) is 48.3 Å². The second kappa shape index (κ2) is 5.21. The molecule has 1 heterocycles. The molecule has 0 aliphatic heterocycles. The van der Waals surface area contributed by atoms with E-state index in [1.165, 1.54) is 0 Å². The SMILES string of the molecule is COc1ccc(NCc2cc(N)ccn2)cc1. The highest BCUT2D eigenvalue weighted by Gasteiger charge is 1.96. The number of anilines is 2. The van der Waals surface area contributed by atoms with Crippen LogP contribution in [-0.4, -0.2) is 12.1 Å². The maximum Gasteiger partial charge on any atom is 0.119 e. The highest BCUT2D eigenvalue weighted by molar-refractivity contribution is 5.47. The zero-order valence-electron chi connectivity index (χ0n) is 9.68. The Morgan fingerprint density at radius 1 is 1.24 bits per heavy atom. The first kappa shape index (κ1) is 11.3. The number of nitrogens with zero attached hydrogens (tertiary/aromatic N) is 1. The first-order valence-electron chi connectivity index (χ1n) is 5.36. The molecule has 0 atom stereocenters. The molecule has 2 rings (SSSR count). The molecule has 17 heavy (non-hydrogen) atoms. The molecule has 4 nitrogen and oxygen atoms in total. The summed E-state index contributed by atoms with van der Waals surface area (Å²) in [6, 6.07) is 11.4. The Morgan fingerprint density at radius 2 is 2.00 bits per heavy atom. The van der Waals surface area contributed by atoms with Crippen molar-refractivity contribution < 1.29 is 4.74 Å². The molecular weight excluding hydrogens is 214 g/mol. The van der Waals surface area contributed by atoms with E-state index in [9.17, 15) is 0 Å². The number of ether oxygens (including phenoxy) is 1. The van der Waals surface area contributed by atoms with Crippen LogP contribution in [0.2, 0.25) is 0 Å². The van der Waals surface area contributed by atoms with Crippen LogP contribution in [0, 0.1) is 0 Å². The topological polar surface area (TPSA) is 60.2 Å². The van der Waals surface area contributed by atoms with Gasteiger partial charge in [-0.05, 0) is 36.4 Å². The van der Waals surface area contributed by atoms with E-state index in [0.717, 1.165) is 22.8 Å². The molecule has 4 heteroatoms. The Kier molecular flexibility index (Phi) is 3.45. The van der Waals surface area contributed by atoms with Gasteiger partial charge in [-0.15, -0.1) is 0 Å². The average molecular weight is 229 g/mol. The Balaban J connectivity index is 1.97. The van der Waals surface area contributed by atoms with E-state index in [0.29, 0.717) is 6.54 Å². The van der Waals surface area contributed by atoms with Crippen molar-refractivity contribution in [3.63, 3.8) is 0 Å². The Bertz CT molecular complexity index is 482. The lowest BCUT2D eigenvalue weighted by Crippen LogP contribution is -2.02. The smallest absolute Gasteiger partial charge is 0.119 e. The van der Waals surface area contributed by atoms with Gasteiger partial charge in [0.2, 0.25) is 0 Å². The largest absolute Gasteiger partial charge is 0.497 e. The van der Waals surface area contributed by atoms with Crippen LogP contribution in [-0.2, 0) is 6.54 Å². The van der Waals surface area contributed by atoms with Crippen molar-refractivity contribution in [1.82, 2.24) is 4.98 Å². The molecule has 1 aromatic heterocycles. The fourth-order valence-corrected chi connectivity index (χ4v) is 1.50. The summed E-state index contributed by atoms with van der Waals surface area (Å²) in [5.41, 5.74) is 8.35. The Morgan fingerprint density at radius 3 is 2.65 bits per heavy atom. The predicted octanol–water partition coefficient (Wildman–Crippen LogP) is 2.28. The minimum Gasteiger partial charge on any atom is -0.497 e. The molecule has 3 N–H and O–H groups in total. The molecule has 0 radical (unpaired) electrons. The van der Waals surface area contributed by atoms with Gasteiger partial charge in [0.25, 0.3) is 0 Å². The second-order valence-corrected chi connectivity index (χ2v) is 3.66. The fourth-order valence-electron chi connectivity index (χ4n) is 1.50. The predicted molar refractivity (Wildman–Crippen MR) is 69.0 cm³/mol. The average Bonchev–Trinajstić information content (AvgIpc) is 2.37. The lowest BCUT2D eigenvalue weighted by molar-refractivity contribution is 0.415. The van der Waals surface area contributed by atoms with Crippen LogP contribution >= 0.6 is 0 Å². The number of hydrogen-bond acceptors (Lipinski definition) is 4. The highest BCUT2D eigenvalue weighted by Crippen LogP contribution is 2.15. The molecule has 0 amide bonds. The minimum atomic E-state index is 0.650. The van der Waals surface area contributed by atoms with Crippen LogP contribution in [0.3, 0.4) is 0 Å². The zero-order chi connectivity index (χ0) is 12.1. The summed E-state index contributed by atoms with van der Waals surface area (Å²) < 4.78 is 5.09. The normalized spacial score (nSPS) is 9.94. The molecule has 0 saturated carbocycles. The number of pyridine rings is 1. The van der Waals surface area contributed by atoms with Crippen molar-refractivity contribution in [3.8, 4) is 5.75 Å². The van der Waals surface area contributed by atoms with E-state index < -0.39 is 0 Å². The van der Waals surface area contributed by atoms with Crippen LogP contribution in [0.5, 0.6) is 5.75 Å². The van der Waals surface area contributed by atoms with E-state index in [1.807, 2.05) is 30.3 Å². The number of hydrogen-bond donors (Lipinski definition) is 2. The number of nitrogens with one attached hydrogen (secondary N) is 1. The lowest BCUT2D eigenvalue weighted by Gasteiger charge is -2.07.